The quantitative estimate of drug-likeness (QED) is 0.828. The lowest BCUT2D eigenvalue weighted by molar-refractivity contribution is 0.625. The molecule has 0 aliphatic heterocycles. The highest BCUT2D eigenvalue weighted by molar-refractivity contribution is 7.80. The van der Waals surface area contributed by atoms with Gasteiger partial charge in [0.05, 0.1) is 0 Å². The molecule has 18 heavy (non-hydrogen) atoms. The first-order valence-corrected chi connectivity index (χ1v) is 5.99. The molecule has 92 valence electrons. The first-order valence-electron chi connectivity index (χ1n) is 5.58. The molecule has 2 N–H and O–H groups in total. The molecule has 0 spiro atoms. The molecule has 4 heteroatoms. The fourth-order valence-corrected chi connectivity index (χ4v) is 1.72. The van der Waals surface area contributed by atoms with Crippen LogP contribution in [0.15, 0.2) is 54.6 Å². The van der Waals surface area contributed by atoms with E-state index >= 15 is 0 Å². The summed E-state index contributed by atoms with van der Waals surface area (Å²) in [6, 6.07) is 16.1. The van der Waals surface area contributed by atoms with E-state index in [2.05, 4.69) is 10.6 Å². The fraction of sp³-hybridized carbons (Fsp3) is 0.0714. The SMILES string of the molecule is Fc1cccc(CNC(=S)Nc2ccccc2)c1. The highest BCUT2D eigenvalue weighted by atomic mass is 32.1. The predicted molar refractivity (Wildman–Crippen MR) is 75.9 cm³/mol. The van der Waals surface area contributed by atoms with Crippen molar-refractivity contribution in [3.05, 3.63) is 66.0 Å². The normalized spacial score (nSPS) is 9.83. The number of hydrogen-bond acceptors (Lipinski definition) is 1. The third-order valence-electron chi connectivity index (χ3n) is 2.37. The van der Waals surface area contributed by atoms with Crippen molar-refractivity contribution in [2.24, 2.45) is 0 Å². The minimum absolute atomic E-state index is 0.240. The first-order chi connectivity index (χ1) is 8.74. The van der Waals surface area contributed by atoms with Gasteiger partial charge in [-0.15, -0.1) is 0 Å². The van der Waals surface area contributed by atoms with Crippen molar-refractivity contribution in [2.45, 2.75) is 6.54 Å². The summed E-state index contributed by atoms with van der Waals surface area (Å²) in [5.41, 5.74) is 1.78. The molecule has 0 bridgehead atoms. The lowest BCUT2D eigenvalue weighted by Gasteiger charge is -2.10. The molecule has 2 aromatic rings. The van der Waals surface area contributed by atoms with Crippen molar-refractivity contribution >= 4 is 23.0 Å². The number of nitrogens with one attached hydrogen (secondary N) is 2. The van der Waals surface area contributed by atoms with Gasteiger partial charge in [0.25, 0.3) is 0 Å². The Morgan fingerprint density at radius 1 is 1.06 bits per heavy atom. The van der Waals surface area contributed by atoms with Crippen LogP contribution >= 0.6 is 12.2 Å². The van der Waals surface area contributed by atoms with E-state index in [0.717, 1.165) is 11.3 Å². The van der Waals surface area contributed by atoms with E-state index in [1.165, 1.54) is 12.1 Å². The Labute approximate surface area is 111 Å². The van der Waals surface area contributed by atoms with E-state index in [1.54, 1.807) is 6.07 Å². The maximum absolute atomic E-state index is 13.0. The zero-order valence-electron chi connectivity index (χ0n) is 9.69. The van der Waals surface area contributed by atoms with Crippen LogP contribution in [0.3, 0.4) is 0 Å². The third kappa shape index (κ3) is 3.82. The molecular weight excluding hydrogens is 247 g/mol. The van der Waals surface area contributed by atoms with E-state index in [1.807, 2.05) is 36.4 Å². The monoisotopic (exact) mass is 260 g/mol. The van der Waals surface area contributed by atoms with E-state index in [4.69, 9.17) is 12.2 Å². The molecule has 0 saturated heterocycles. The second kappa shape index (κ2) is 6.12. The minimum atomic E-state index is -0.240. The molecule has 0 unspecified atom stereocenters. The van der Waals surface area contributed by atoms with E-state index < -0.39 is 0 Å². The highest BCUT2D eigenvalue weighted by Gasteiger charge is 1.98. The summed E-state index contributed by atoms with van der Waals surface area (Å²) >= 11 is 5.15. The first kappa shape index (κ1) is 12.5. The lowest BCUT2D eigenvalue weighted by Crippen LogP contribution is -2.27. The topological polar surface area (TPSA) is 24.1 Å². The Kier molecular flexibility index (Phi) is 4.25. The summed E-state index contributed by atoms with van der Waals surface area (Å²) in [7, 11) is 0. The molecular formula is C14H13FN2S. The van der Waals surface area contributed by atoms with Gasteiger partial charge in [0, 0.05) is 12.2 Å². The van der Waals surface area contributed by atoms with Crippen LogP contribution in [-0.2, 0) is 6.54 Å². The molecule has 0 atom stereocenters. The van der Waals surface area contributed by atoms with Crippen LogP contribution in [0.25, 0.3) is 0 Å². The molecule has 0 fully saturated rings. The number of benzene rings is 2. The minimum Gasteiger partial charge on any atom is -0.358 e. The van der Waals surface area contributed by atoms with Gasteiger partial charge in [-0.1, -0.05) is 30.3 Å². The van der Waals surface area contributed by atoms with Gasteiger partial charge in [-0.3, -0.25) is 0 Å². The van der Waals surface area contributed by atoms with Gasteiger partial charge >= 0.3 is 0 Å². The summed E-state index contributed by atoms with van der Waals surface area (Å²) in [5.74, 6) is -0.240. The van der Waals surface area contributed by atoms with E-state index in [9.17, 15) is 4.39 Å². The molecule has 2 nitrogen and oxygen atoms in total. The summed E-state index contributed by atoms with van der Waals surface area (Å²) in [6.45, 7) is 0.496. The maximum Gasteiger partial charge on any atom is 0.171 e. The van der Waals surface area contributed by atoms with Gasteiger partial charge in [0.2, 0.25) is 0 Å². The Hall–Kier alpha value is -1.94. The summed E-state index contributed by atoms with van der Waals surface area (Å²) < 4.78 is 13.0. The molecule has 0 aliphatic carbocycles. The lowest BCUT2D eigenvalue weighted by atomic mass is 10.2. The smallest absolute Gasteiger partial charge is 0.171 e. The van der Waals surface area contributed by atoms with Crippen LogP contribution in [0.2, 0.25) is 0 Å². The standard InChI is InChI=1S/C14H13FN2S/c15-12-6-4-5-11(9-12)10-16-14(18)17-13-7-2-1-3-8-13/h1-9H,10H2,(H2,16,17,18). The summed E-state index contributed by atoms with van der Waals surface area (Å²) in [6.07, 6.45) is 0. The Morgan fingerprint density at radius 2 is 1.83 bits per heavy atom. The van der Waals surface area contributed by atoms with Gasteiger partial charge in [-0.05, 0) is 42.0 Å². The van der Waals surface area contributed by atoms with Crippen molar-refractivity contribution < 1.29 is 4.39 Å². The molecule has 0 aromatic heterocycles. The van der Waals surface area contributed by atoms with Gasteiger partial charge in [-0.25, -0.2) is 4.39 Å². The highest BCUT2D eigenvalue weighted by Crippen LogP contribution is 2.05. The zero-order chi connectivity index (χ0) is 12.8. The van der Waals surface area contributed by atoms with E-state index in [-0.39, 0.29) is 5.82 Å². The van der Waals surface area contributed by atoms with Crippen LogP contribution in [0.5, 0.6) is 0 Å². The molecule has 0 amide bonds. The van der Waals surface area contributed by atoms with Gasteiger partial charge in [0.1, 0.15) is 5.82 Å². The van der Waals surface area contributed by atoms with Crippen molar-refractivity contribution in [1.82, 2.24) is 5.32 Å². The van der Waals surface area contributed by atoms with Crippen LogP contribution in [-0.4, -0.2) is 5.11 Å². The molecule has 0 heterocycles. The number of anilines is 1. The molecule has 0 radical (unpaired) electrons. The summed E-state index contributed by atoms with van der Waals surface area (Å²) in [4.78, 5) is 0. The Balaban J connectivity index is 1.85. The average Bonchev–Trinajstić information content (AvgIpc) is 2.38. The number of halogens is 1. The van der Waals surface area contributed by atoms with Crippen LogP contribution in [0.1, 0.15) is 5.56 Å². The van der Waals surface area contributed by atoms with Crippen LogP contribution in [0, 0.1) is 5.82 Å². The van der Waals surface area contributed by atoms with Crippen molar-refractivity contribution in [3.8, 4) is 0 Å². The predicted octanol–water partition coefficient (Wildman–Crippen LogP) is 3.31. The number of para-hydroxylation sites is 1. The fourth-order valence-electron chi connectivity index (χ4n) is 1.53. The number of hydrogen-bond donors (Lipinski definition) is 2. The largest absolute Gasteiger partial charge is 0.358 e. The Bertz CT molecular complexity index is 528. The second-order valence-corrected chi connectivity index (χ2v) is 4.21. The molecule has 2 aromatic carbocycles. The van der Waals surface area contributed by atoms with Gasteiger partial charge in [-0.2, -0.15) is 0 Å². The molecule has 0 aliphatic rings. The third-order valence-corrected chi connectivity index (χ3v) is 2.62. The second-order valence-electron chi connectivity index (χ2n) is 3.80. The van der Waals surface area contributed by atoms with Crippen molar-refractivity contribution in [3.63, 3.8) is 0 Å². The van der Waals surface area contributed by atoms with Crippen molar-refractivity contribution in [1.29, 1.82) is 0 Å². The molecule has 0 saturated carbocycles. The van der Waals surface area contributed by atoms with Crippen LogP contribution in [0.4, 0.5) is 10.1 Å². The Morgan fingerprint density at radius 3 is 2.56 bits per heavy atom. The van der Waals surface area contributed by atoms with Gasteiger partial charge in [0.15, 0.2) is 5.11 Å². The maximum atomic E-state index is 13.0. The van der Waals surface area contributed by atoms with Gasteiger partial charge < -0.3 is 10.6 Å². The average molecular weight is 260 g/mol. The zero-order valence-corrected chi connectivity index (χ0v) is 10.5. The number of thiocarbonyl (C=S) groups is 1. The number of rotatable bonds is 3. The molecule has 2 rings (SSSR count). The van der Waals surface area contributed by atoms with E-state index in [0.29, 0.717) is 11.7 Å². The summed E-state index contributed by atoms with van der Waals surface area (Å²) in [5, 5.41) is 6.60. The van der Waals surface area contributed by atoms with Crippen molar-refractivity contribution in [2.75, 3.05) is 5.32 Å². The van der Waals surface area contributed by atoms with Crippen LogP contribution < -0.4 is 10.6 Å².